The first-order chi connectivity index (χ1) is 10.3. The third-order valence-corrected chi connectivity index (χ3v) is 5.32. The lowest BCUT2D eigenvalue weighted by atomic mass is 9.80. The molecular weight excluding hydrogens is 281 g/mol. The van der Waals surface area contributed by atoms with Gasteiger partial charge in [0.15, 0.2) is 0 Å². The van der Waals surface area contributed by atoms with Crippen molar-refractivity contribution in [3.05, 3.63) is 57.5 Å². The molecule has 0 radical (unpaired) electrons. The lowest BCUT2D eigenvalue weighted by Crippen LogP contribution is -2.29. The topological polar surface area (TPSA) is 12.0 Å². The minimum Gasteiger partial charge on any atom is -0.309 e. The van der Waals surface area contributed by atoms with E-state index in [4.69, 9.17) is 0 Å². The molecule has 0 aliphatic heterocycles. The fourth-order valence-electron chi connectivity index (χ4n) is 3.36. The zero-order valence-corrected chi connectivity index (χ0v) is 13.3. The Hall–Kier alpha value is -1.19. The van der Waals surface area contributed by atoms with Crippen molar-refractivity contribution in [1.29, 1.82) is 0 Å². The van der Waals surface area contributed by atoms with Gasteiger partial charge in [0.2, 0.25) is 0 Å². The highest BCUT2D eigenvalue weighted by atomic mass is 32.1. The monoisotopic (exact) mass is 303 g/mol. The second-order valence-corrected chi connectivity index (χ2v) is 6.79. The summed E-state index contributed by atoms with van der Waals surface area (Å²) in [4.78, 5) is 1.52. The SMILES string of the molecule is CCCNC(c1cccc(F)c1)C1CCCc2sccc21. The van der Waals surface area contributed by atoms with Crippen LogP contribution in [-0.4, -0.2) is 6.54 Å². The van der Waals surface area contributed by atoms with E-state index in [9.17, 15) is 4.39 Å². The number of nitrogens with one attached hydrogen (secondary N) is 1. The van der Waals surface area contributed by atoms with Crippen LogP contribution in [0.5, 0.6) is 0 Å². The van der Waals surface area contributed by atoms with E-state index in [0.29, 0.717) is 5.92 Å². The van der Waals surface area contributed by atoms with Crippen molar-refractivity contribution in [3.8, 4) is 0 Å². The lowest BCUT2D eigenvalue weighted by Gasteiger charge is -2.32. The molecule has 1 aliphatic rings. The molecule has 0 spiro atoms. The molecule has 1 aliphatic carbocycles. The first kappa shape index (κ1) is 14.7. The largest absolute Gasteiger partial charge is 0.309 e. The van der Waals surface area contributed by atoms with Gasteiger partial charge in [-0.2, -0.15) is 0 Å². The number of hydrogen-bond donors (Lipinski definition) is 1. The van der Waals surface area contributed by atoms with E-state index in [0.717, 1.165) is 18.5 Å². The summed E-state index contributed by atoms with van der Waals surface area (Å²) in [7, 11) is 0. The maximum atomic E-state index is 13.6. The number of benzene rings is 1. The average molecular weight is 303 g/mol. The van der Waals surface area contributed by atoms with Gasteiger partial charge in [-0.25, -0.2) is 4.39 Å². The van der Waals surface area contributed by atoms with Gasteiger partial charge >= 0.3 is 0 Å². The summed E-state index contributed by atoms with van der Waals surface area (Å²) in [5, 5.41) is 5.85. The van der Waals surface area contributed by atoms with E-state index in [1.807, 2.05) is 17.4 Å². The third kappa shape index (κ3) is 3.19. The van der Waals surface area contributed by atoms with Crippen LogP contribution in [0.3, 0.4) is 0 Å². The number of hydrogen-bond acceptors (Lipinski definition) is 2. The molecule has 21 heavy (non-hydrogen) atoms. The number of rotatable bonds is 5. The number of fused-ring (bicyclic) bond motifs is 1. The smallest absolute Gasteiger partial charge is 0.123 e. The summed E-state index contributed by atoms with van der Waals surface area (Å²) in [6.07, 6.45) is 4.71. The standard InChI is InChI=1S/C18H22FNS/c1-2-10-20-18(13-5-3-6-14(19)12-13)16-7-4-8-17-15(16)9-11-21-17/h3,5-6,9,11-12,16,18,20H,2,4,7-8,10H2,1H3. The van der Waals surface area contributed by atoms with Crippen LogP contribution < -0.4 is 5.32 Å². The van der Waals surface area contributed by atoms with E-state index in [2.05, 4.69) is 29.8 Å². The second kappa shape index (κ2) is 6.71. The van der Waals surface area contributed by atoms with Crippen LogP contribution in [0, 0.1) is 5.82 Å². The van der Waals surface area contributed by atoms with Crippen LogP contribution >= 0.6 is 11.3 Å². The van der Waals surface area contributed by atoms with Crippen LogP contribution in [0.1, 0.15) is 54.1 Å². The van der Waals surface area contributed by atoms with Crippen LogP contribution in [-0.2, 0) is 6.42 Å². The van der Waals surface area contributed by atoms with Gasteiger partial charge in [0, 0.05) is 16.8 Å². The van der Waals surface area contributed by atoms with E-state index in [1.165, 1.54) is 35.8 Å². The van der Waals surface area contributed by atoms with Crippen molar-refractivity contribution < 1.29 is 4.39 Å². The molecule has 2 aromatic rings. The van der Waals surface area contributed by atoms with Crippen LogP contribution in [0.15, 0.2) is 35.7 Å². The molecule has 2 atom stereocenters. The summed E-state index contributed by atoms with van der Waals surface area (Å²) in [6, 6.07) is 9.57. The number of thiophene rings is 1. The molecule has 0 amide bonds. The van der Waals surface area contributed by atoms with Crippen molar-refractivity contribution in [2.45, 2.75) is 44.6 Å². The maximum Gasteiger partial charge on any atom is 0.123 e. The Balaban J connectivity index is 1.93. The molecular formula is C18H22FNS. The summed E-state index contributed by atoms with van der Waals surface area (Å²) >= 11 is 1.87. The van der Waals surface area contributed by atoms with Crippen molar-refractivity contribution in [2.24, 2.45) is 0 Å². The zero-order valence-electron chi connectivity index (χ0n) is 12.4. The molecule has 1 aromatic carbocycles. The molecule has 0 saturated heterocycles. The van der Waals surface area contributed by atoms with Gasteiger partial charge < -0.3 is 5.32 Å². The Morgan fingerprint density at radius 3 is 3.10 bits per heavy atom. The maximum absolute atomic E-state index is 13.6. The molecule has 1 aromatic heterocycles. The summed E-state index contributed by atoms with van der Waals surface area (Å²) in [5.41, 5.74) is 2.55. The molecule has 1 heterocycles. The third-order valence-electron chi connectivity index (χ3n) is 4.32. The minimum atomic E-state index is -0.142. The molecule has 0 fully saturated rings. The Labute approximate surface area is 130 Å². The molecule has 2 unspecified atom stereocenters. The highest BCUT2D eigenvalue weighted by Gasteiger charge is 2.29. The van der Waals surface area contributed by atoms with Gasteiger partial charge in [-0.1, -0.05) is 19.1 Å². The highest BCUT2D eigenvalue weighted by molar-refractivity contribution is 7.10. The van der Waals surface area contributed by atoms with Crippen molar-refractivity contribution in [3.63, 3.8) is 0 Å². The van der Waals surface area contributed by atoms with Gasteiger partial charge in [-0.15, -0.1) is 11.3 Å². The Morgan fingerprint density at radius 1 is 1.38 bits per heavy atom. The normalized spacial score (nSPS) is 19.2. The first-order valence-corrected chi connectivity index (χ1v) is 8.72. The van der Waals surface area contributed by atoms with Crippen LogP contribution in [0.25, 0.3) is 0 Å². The number of aryl methyl sites for hydroxylation is 1. The van der Waals surface area contributed by atoms with Crippen molar-refractivity contribution >= 4 is 11.3 Å². The van der Waals surface area contributed by atoms with E-state index in [1.54, 1.807) is 6.07 Å². The molecule has 3 rings (SSSR count). The summed E-state index contributed by atoms with van der Waals surface area (Å²) in [5.74, 6) is 0.325. The number of halogens is 1. The predicted octanol–water partition coefficient (Wildman–Crippen LogP) is 5.05. The van der Waals surface area contributed by atoms with E-state index < -0.39 is 0 Å². The second-order valence-electron chi connectivity index (χ2n) is 5.78. The van der Waals surface area contributed by atoms with E-state index in [-0.39, 0.29) is 11.9 Å². The fraction of sp³-hybridized carbons (Fsp3) is 0.444. The van der Waals surface area contributed by atoms with E-state index >= 15 is 0 Å². The minimum absolute atomic E-state index is 0.142. The van der Waals surface area contributed by atoms with Gasteiger partial charge in [0.1, 0.15) is 5.82 Å². The Morgan fingerprint density at radius 2 is 2.29 bits per heavy atom. The summed E-state index contributed by atoms with van der Waals surface area (Å²) < 4.78 is 13.6. The Kier molecular flexibility index (Phi) is 4.71. The van der Waals surface area contributed by atoms with Gasteiger partial charge in [-0.3, -0.25) is 0 Å². The highest BCUT2D eigenvalue weighted by Crippen LogP contribution is 2.42. The van der Waals surface area contributed by atoms with Gasteiger partial charge in [-0.05, 0) is 66.9 Å². The quantitative estimate of drug-likeness (QED) is 0.815. The van der Waals surface area contributed by atoms with Crippen molar-refractivity contribution in [2.75, 3.05) is 6.54 Å². The molecule has 0 saturated carbocycles. The molecule has 112 valence electrons. The lowest BCUT2D eigenvalue weighted by molar-refractivity contribution is 0.403. The van der Waals surface area contributed by atoms with Crippen LogP contribution in [0.2, 0.25) is 0 Å². The van der Waals surface area contributed by atoms with Crippen LogP contribution in [0.4, 0.5) is 4.39 Å². The average Bonchev–Trinajstić information content (AvgIpc) is 2.97. The predicted molar refractivity (Wildman–Crippen MR) is 87.4 cm³/mol. The summed E-state index contributed by atoms with van der Waals surface area (Å²) in [6.45, 7) is 3.14. The molecule has 3 heteroatoms. The van der Waals surface area contributed by atoms with Gasteiger partial charge in [0.25, 0.3) is 0 Å². The molecule has 1 N–H and O–H groups in total. The van der Waals surface area contributed by atoms with Crippen molar-refractivity contribution in [1.82, 2.24) is 5.32 Å². The molecule has 1 nitrogen and oxygen atoms in total. The van der Waals surface area contributed by atoms with Gasteiger partial charge in [0.05, 0.1) is 0 Å². The fourth-order valence-corrected chi connectivity index (χ4v) is 4.36. The molecule has 0 bridgehead atoms. The zero-order chi connectivity index (χ0) is 14.7. The Bertz CT molecular complexity index is 592. The first-order valence-electron chi connectivity index (χ1n) is 7.84.